The van der Waals surface area contributed by atoms with Crippen molar-refractivity contribution in [1.82, 2.24) is 10.2 Å². The smallest absolute Gasteiger partial charge is 0.205 e. The zero-order valence-corrected chi connectivity index (χ0v) is 7.32. The van der Waals surface area contributed by atoms with Crippen molar-refractivity contribution in [2.45, 2.75) is 19.8 Å². The summed E-state index contributed by atoms with van der Waals surface area (Å²) in [6.07, 6.45) is 2.76. The number of aryl methyl sites for hydroxylation is 1. The number of hydrogen-bond donors (Lipinski definition) is 1. The van der Waals surface area contributed by atoms with Gasteiger partial charge in [-0.2, -0.15) is 0 Å². The molecular weight excluding hydrogens is 158 g/mol. The molecule has 1 N–H and O–H groups in total. The largest absolute Gasteiger partial charge is 0.360 e. The lowest BCUT2D eigenvalue weighted by Gasteiger charge is -1.96. The van der Waals surface area contributed by atoms with E-state index in [-0.39, 0.29) is 0 Å². The lowest BCUT2D eigenvalue weighted by Crippen LogP contribution is -2.02. The molecule has 0 radical (unpaired) electrons. The third-order valence-corrected chi connectivity index (χ3v) is 2.56. The topological polar surface area (TPSA) is 37.8 Å². The summed E-state index contributed by atoms with van der Waals surface area (Å²) >= 11 is 1.62. The maximum Gasteiger partial charge on any atom is 0.205 e. The van der Waals surface area contributed by atoms with Crippen LogP contribution in [0.1, 0.15) is 17.8 Å². The minimum absolute atomic E-state index is 0.902. The molecule has 0 atom stereocenters. The summed E-state index contributed by atoms with van der Waals surface area (Å²) in [7, 11) is 0. The minimum Gasteiger partial charge on any atom is -0.360 e. The Kier molecular flexibility index (Phi) is 1.77. The summed E-state index contributed by atoms with van der Waals surface area (Å²) < 4.78 is 0. The highest BCUT2D eigenvalue weighted by molar-refractivity contribution is 7.15. The molecule has 0 aliphatic heterocycles. The van der Waals surface area contributed by atoms with E-state index in [1.807, 2.05) is 6.92 Å². The summed E-state index contributed by atoms with van der Waals surface area (Å²) in [5.74, 6) is 0.902. The highest BCUT2D eigenvalue weighted by Crippen LogP contribution is 2.29. The number of nitrogens with zero attached hydrogens (tertiary/aromatic N) is 2. The van der Waals surface area contributed by atoms with E-state index in [0.29, 0.717) is 0 Å². The number of aromatic nitrogens is 2. The quantitative estimate of drug-likeness (QED) is 0.748. The molecule has 11 heavy (non-hydrogen) atoms. The van der Waals surface area contributed by atoms with Crippen LogP contribution in [0.2, 0.25) is 0 Å². The number of anilines is 1. The highest BCUT2D eigenvalue weighted by Gasteiger charge is 2.20. The van der Waals surface area contributed by atoms with Crippen molar-refractivity contribution in [1.29, 1.82) is 0 Å². The Morgan fingerprint density at radius 1 is 1.55 bits per heavy atom. The van der Waals surface area contributed by atoms with E-state index in [4.69, 9.17) is 0 Å². The van der Waals surface area contributed by atoms with Crippen LogP contribution in [-0.4, -0.2) is 16.7 Å². The third kappa shape index (κ3) is 1.89. The first-order valence-corrected chi connectivity index (χ1v) is 4.70. The van der Waals surface area contributed by atoms with Gasteiger partial charge in [0.05, 0.1) is 0 Å². The molecule has 0 amide bonds. The van der Waals surface area contributed by atoms with Crippen LogP contribution >= 0.6 is 11.3 Å². The Hall–Kier alpha value is -0.640. The van der Waals surface area contributed by atoms with Crippen molar-refractivity contribution in [3.05, 3.63) is 5.01 Å². The second kappa shape index (κ2) is 2.77. The van der Waals surface area contributed by atoms with Crippen molar-refractivity contribution in [3.8, 4) is 0 Å². The van der Waals surface area contributed by atoms with E-state index in [1.54, 1.807) is 11.3 Å². The maximum absolute atomic E-state index is 3.97. The Bertz CT molecular complexity index is 242. The van der Waals surface area contributed by atoms with Crippen LogP contribution in [0.15, 0.2) is 0 Å². The molecule has 60 valence electrons. The van der Waals surface area contributed by atoms with Gasteiger partial charge < -0.3 is 5.32 Å². The molecule has 0 bridgehead atoms. The van der Waals surface area contributed by atoms with Crippen molar-refractivity contribution < 1.29 is 0 Å². The summed E-state index contributed by atoms with van der Waals surface area (Å²) in [6, 6.07) is 0. The van der Waals surface area contributed by atoms with Gasteiger partial charge in [0.15, 0.2) is 0 Å². The van der Waals surface area contributed by atoms with E-state index in [0.717, 1.165) is 22.6 Å². The molecule has 4 heteroatoms. The van der Waals surface area contributed by atoms with Gasteiger partial charge in [0, 0.05) is 6.54 Å². The molecule has 1 saturated carbocycles. The second-order valence-electron chi connectivity index (χ2n) is 2.95. The molecule has 0 spiro atoms. The SMILES string of the molecule is Cc1nnc(NCC2CC2)s1. The molecule has 1 heterocycles. The van der Waals surface area contributed by atoms with Crippen LogP contribution in [-0.2, 0) is 0 Å². The first kappa shape index (κ1) is 7.03. The van der Waals surface area contributed by atoms with Gasteiger partial charge in [-0.3, -0.25) is 0 Å². The Balaban J connectivity index is 1.85. The van der Waals surface area contributed by atoms with Crippen LogP contribution in [0, 0.1) is 12.8 Å². The molecule has 0 aromatic carbocycles. The van der Waals surface area contributed by atoms with Crippen LogP contribution in [0.5, 0.6) is 0 Å². The summed E-state index contributed by atoms with van der Waals surface area (Å²) in [5.41, 5.74) is 0. The predicted octanol–water partition coefficient (Wildman–Crippen LogP) is 1.67. The summed E-state index contributed by atoms with van der Waals surface area (Å²) in [4.78, 5) is 0. The predicted molar refractivity (Wildman–Crippen MR) is 45.9 cm³/mol. The first-order valence-electron chi connectivity index (χ1n) is 3.88. The second-order valence-corrected chi connectivity index (χ2v) is 4.13. The molecule has 0 saturated heterocycles. The Morgan fingerprint density at radius 3 is 2.91 bits per heavy atom. The lowest BCUT2D eigenvalue weighted by atomic mass is 10.4. The average Bonchev–Trinajstić information content (AvgIpc) is 2.72. The monoisotopic (exact) mass is 169 g/mol. The molecule has 1 fully saturated rings. The molecule has 0 unspecified atom stereocenters. The zero-order chi connectivity index (χ0) is 7.68. The zero-order valence-electron chi connectivity index (χ0n) is 6.50. The molecule has 1 aromatic heterocycles. The van der Waals surface area contributed by atoms with Gasteiger partial charge in [0.25, 0.3) is 0 Å². The van der Waals surface area contributed by atoms with Gasteiger partial charge in [-0.05, 0) is 25.7 Å². The first-order chi connectivity index (χ1) is 5.34. The van der Waals surface area contributed by atoms with Crippen LogP contribution in [0.25, 0.3) is 0 Å². The molecule has 1 aromatic rings. The van der Waals surface area contributed by atoms with E-state index in [2.05, 4.69) is 15.5 Å². The van der Waals surface area contributed by atoms with Crippen molar-refractivity contribution in [2.75, 3.05) is 11.9 Å². The molecular formula is C7H11N3S. The fraction of sp³-hybridized carbons (Fsp3) is 0.714. The van der Waals surface area contributed by atoms with Gasteiger partial charge in [-0.25, -0.2) is 0 Å². The molecule has 3 nitrogen and oxygen atoms in total. The maximum atomic E-state index is 3.97. The van der Waals surface area contributed by atoms with Crippen molar-refractivity contribution in [3.63, 3.8) is 0 Å². The summed E-state index contributed by atoms with van der Waals surface area (Å²) in [5, 5.41) is 13.2. The molecule has 1 aliphatic rings. The summed E-state index contributed by atoms with van der Waals surface area (Å²) in [6.45, 7) is 3.05. The van der Waals surface area contributed by atoms with Gasteiger partial charge in [0.1, 0.15) is 5.01 Å². The number of rotatable bonds is 3. The third-order valence-electron chi connectivity index (χ3n) is 1.76. The van der Waals surface area contributed by atoms with Crippen molar-refractivity contribution >= 4 is 16.5 Å². The van der Waals surface area contributed by atoms with Crippen molar-refractivity contribution in [2.24, 2.45) is 5.92 Å². The van der Waals surface area contributed by atoms with Gasteiger partial charge in [0.2, 0.25) is 5.13 Å². The molecule has 2 rings (SSSR count). The van der Waals surface area contributed by atoms with Crippen LogP contribution < -0.4 is 5.32 Å². The number of hydrogen-bond acceptors (Lipinski definition) is 4. The Labute approximate surface area is 69.8 Å². The fourth-order valence-electron chi connectivity index (χ4n) is 0.922. The Morgan fingerprint density at radius 2 is 2.36 bits per heavy atom. The standard InChI is InChI=1S/C7H11N3S/c1-5-9-10-7(11-5)8-4-6-2-3-6/h6H,2-4H2,1H3,(H,8,10). The van der Waals surface area contributed by atoms with Crippen LogP contribution in [0.4, 0.5) is 5.13 Å². The highest BCUT2D eigenvalue weighted by atomic mass is 32.1. The van der Waals surface area contributed by atoms with Gasteiger partial charge >= 0.3 is 0 Å². The normalized spacial score (nSPS) is 16.8. The lowest BCUT2D eigenvalue weighted by molar-refractivity contribution is 0.881. The van der Waals surface area contributed by atoms with Gasteiger partial charge in [-0.15, -0.1) is 10.2 Å². The van der Waals surface area contributed by atoms with Gasteiger partial charge in [-0.1, -0.05) is 11.3 Å². The van der Waals surface area contributed by atoms with E-state index < -0.39 is 0 Å². The van der Waals surface area contributed by atoms with Crippen LogP contribution in [0.3, 0.4) is 0 Å². The van der Waals surface area contributed by atoms with E-state index in [9.17, 15) is 0 Å². The van der Waals surface area contributed by atoms with E-state index >= 15 is 0 Å². The van der Waals surface area contributed by atoms with E-state index in [1.165, 1.54) is 12.8 Å². The minimum atomic E-state index is 0.902. The average molecular weight is 169 g/mol. The molecule has 1 aliphatic carbocycles. The number of nitrogens with one attached hydrogen (secondary N) is 1. The fourth-order valence-corrected chi connectivity index (χ4v) is 1.52.